The molecule has 0 aromatic heterocycles. The number of alkyl halides is 5. The van der Waals surface area contributed by atoms with Gasteiger partial charge in [0.1, 0.15) is 0 Å². The third-order valence-electron chi connectivity index (χ3n) is 0.503. The van der Waals surface area contributed by atoms with Gasteiger partial charge in [0.05, 0.1) is 11.4 Å². The van der Waals surface area contributed by atoms with Crippen molar-refractivity contribution < 1.29 is 53.8 Å². The minimum atomic E-state index is -6.02. The van der Waals surface area contributed by atoms with Crippen LogP contribution in [0, 0.1) is 0 Å². The minimum Gasteiger partial charge on any atom is -0.750 e. The largest absolute Gasteiger partial charge is 1.00 e. The Morgan fingerprint density at radius 1 is 1.17 bits per heavy atom. The molecule has 0 aliphatic carbocycles. The fraction of sp³-hybridized carbons (Fsp3) is 1.00. The fourth-order valence-electron chi connectivity index (χ4n) is 0.133. The minimum absolute atomic E-state index is 0. The molecule has 10 heteroatoms. The fourth-order valence-corrected chi connectivity index (χ4v) is 0.398. The van der Waals surface area contributed by atoms with Crippen LogP contribution in [-0.4, -0.2) is 21.0 Å². The second-order valence-electron chi connectivity index (χ2n) is 1.30. The van der Waals surface area contributed by atoms with E-state index in [1.807, 2.05) is 0 Å². The van der Waals surface area contributed by atoms with Crippen LogP contribution in [0.2, 0.25) is 0 Å². The summed E-state index contributed by atoms with van der Waals surface area (Å²) in [5.74, 6) is 0. The van der Waals surface area contributed by atoms with Crippen LogP contribution in [0.25, 0.3) is 0 Å². The normalized spacial score (nSPS) is 15.2. The van der Waals surface area contributed by atoms with E-state index in [1.165, 1.54) is 0 Å². The third kappa shape index (κ3) is 4.37. The third-order valence-corrected chi connectivity index (χ3v) is 0.848. The van der Waals surface area contributed by atoms with Gasteiger partial charge in [0.15, 0.2) is 0 Å². The zero-order valence-electron chi connectivity index (χ0n) is 5.52. The summed E-state index contributed by atoms with van der Waals surface area (Å²) in [5.41, 5.74) is 0. The van der Waals surface area contributed by atoms with E-state index in [2.05, 4.69) is 4.18 Å². The van der Waals surface area contributed by atoms with Crippen LogP contribution in [0.3, 0.4) is 0 Å². The molecule has 0 saturated carbocycles. The van der Waals surface area contributed by atoms with Crippen LogP contribution >= 0.6 is 0 Å². The Labute approximate surface area is 77.9 Å². The van der Waals surface area contributed by atoms with E-state index in [1.54, 1.807) is 0 Å². The van der Waals surface area contributed by atoms with Crippen molar-refractivity contribution in [2.45, 2.75) is 12.3 Å². The van der Waals surface area contributed by atoms with Crippen LogP contribution in [0.4, 0.5) is 22.0 Å². The molecule has 0 radical (unpaired) electrons. The van der Waals surface area contributed by atoms with Crippen LogP contribution in [0.5, 0.6) is 0 Å². The molecule has 1 atom stereocenters. The molecular formula is C2F5LiO3S. The van der Waals surface area contributed by atoms with Crippen molar-refractivity contribution in [3.05, 3.63) is 0 Å². The maximum Gasteiger partial charge on any atom is 1.00 e. The maximum absolute atomic E-state index is 11.4. The van der Waals surface area contributed by atoms with E-state index >= 15 is 0 Å². The van der Waals surface area contributed by atoms with E-state index in [4.69, 9.17) is 0 Å². The van der Waals surface area contributed by atoms with E-state index in [0.29, 0.717) is 0 Å². The standard InChI is InChI=1S/C2HF5O3S.Li/c3-1(4,5)2(6,7)10-11(8)9;/h(H,8,9);/q;+1/p-1. The van der Waals surface area contributed by atoms with Crippen molar-refractivity contribution in [1.82, 2.24) is 0 Å². The summed E-state index contributed by atoms with van der Waals surface area (Å²) in [6.07, 6.45) is -11.7. The summed E-state index contributed by atoms with van der Waals surface area (Å²) in [4.78, 5) is 0. The van der Waals surface area contributed by atoms with Gasteiger partial charge in [0, 0.05) is 0 Å². The van der Waals surface area contributed by atoms with Crippen molar-refractivity contribution in [2.75, 3.05) is 0 Å². The van der Waals surface area contributed by atoms with Gasteiger partial charge >= 0.3 is 31.1 Å². The maximum atomic E-state index is 11.4. The zero-order chi connectivity index (χ0) is 9.28. The van der Waals surface area contributed by atoms with Gasteiger partial charge in [0.2, 0.25) is 0 Å². The molecule has 0 bridgehead atoms. The van der Waals surface area contributed by atoms with Gasteiger partial charge < -0.3 is 4.55 Å². The number of hydrogen-bond acceptors (Lipinski definition) is 3. The zero-order valence-corrected chi connectivity index (χ0v) is 6.34. The van der Waals surface area contributed by atoms with Gasteiger partial charge in [-0.25, -0.2) is 8.39 Å². The average Bonchev–Trinajstić information content (AvgIpc) is 1.56. The molecule has 0 amide bonds. The smallest absolute Gasteiger partial charge is 0.750 e. The molecule has 0 fully saturated rings. The van der Waals surface area contributed by atoms with Crippen molar-refractivity contribution in [2.24, 2.45) is 0 Å². The monoisotopic (exact) mass is 206 g/mol. The van der Waals surface area contributed by atoms with Gasteiger partial charge in [0.25, 0.3) is 0 Å². The Hall–Kier alpha value is 0.317. The average molecular weight is 206 g/mol. The molecule has 0 saturated heterocycles. The van der Waals surface area contributed by atoms with Crippen molar-refractivity contribution in [3.8, 4) is 0 Å². The molecule has 12 heavy (non-hydrogen) atoms. The molecule has 0 aliphatic heterocycles. The van der Waals surface area contributed by atoms with Crippen molar-refractivity contribution in [3.63, 3.8) is 0 Å². The molecule has 0 heterocycles. The summed E-state index contributed by atoms with van der Waals surface area (Å²) in [5, 5.41) is 0. The first-order valence-electron chi connectivity index (χ1n) is 1.90. The first-order chi connectivity index (χ1) is 4.67. The van der Waals surface area contributed by atoms with Gasteiger partial charge in [-0.1, -0.05) is 0 Å². The van der Waals surface area contributed by atoms with Crippen LogP contribution in [-0.2, 0) is 15.5 Å². The van der Waals surface area contributed by atoms with Gasteiger partial charge in [-0.2, -0.15) is 22.0 Å². The van der Waals surface area contributed by atoms with Gasteiger partial charge in [-0.3, -0.25) is 0 Å². The molecule has 0 aromatic rings. The van der Waals surface area contributed by atoms with Gasteiger partial charge in [-0.15, -0.1) is 0 Å². The predicted molar refractivity (Wildman–Crippen MR) is 21.0 cm³/mol. The van der Waals surface area contributed by atoms with Gasteiger partial charge in [-0.05, 0) is 0 Å². The molecular weight excluding hydrogens is 206 g/mol. The van der Waals surface area contributed by atoms with Crippen LogP contribution in [0.1, 0.15) is 0 Å². The summed E-state index contributed by atoms with van der Waals surface area (Å²) >= 11 is -3.90. The van der Waals surface area contributed by atoms with E-state index in [-0.39, 0.29) is 18.9 Å². The predicted octanol–water partition coefficient (Wildman–Crippen LogP) is -2.04. The molecule has 68 valence electrons. The molecule has 0 N–H and O–H groups in total. The van der Waals surface area contributed by atoms with E-state index < -0.39 is 23.6 Å². The quantitative estimate of drug-likeness (QED) is 0.297. The molecule has 0 aromatic carbocycles. The Bertz CT molecular complexity index is 169. The summed E-state index contributed by atoms with van der Waals surface area (Å²) in [6, 6.07) is 0. The van der Waals surface area contributed by atoms with E-state index in [0.717, 1.165) is 0 Å². The molecule has 1 unspecified atom stereocenters. The van der Waals surface area contributed by atoms with E-state index in [9.17, 15) is 30.7 Å². The van der Waals surface area contributed by atoms with Crippen LogP contribution < -0.4 is 18.9 Å². The second-order valence-corrected chi connectivity index (χ2v) is 1.88. The summed E-state index contributed by atoms with van der Waals surface area (Å²) < 4.78 is 76.8. The Morgan fingerprint density at radius 2 is 1.50 bits per heavy atom. The molecule has 0 rings (SSSR count). The Kier molecular flexibility index (Phi) is 5.59. The van der Waals surface area contributed by atoms with Crippen LogP contribution in [0.15, 0.2) is 0 Å². The second kappa shape index (κ2) is 4.52. The number of halogens is 5. The molecule has 0 aliphatic rings. The SMILES string of the molecule is O=S([O-])OC(F)(F)C(F)(F)F.[Li+]. The molecule has 0 spiro atoms. The first-order valence-corrected chi connectivity index (χ1v) is 2.90. The molecule has 3 nitrogen and oxygen atoms in total. The number of rotatable bonds is 2. The summed E-state index contributed by atoms with van der Waals surface area (Å²) in [6.45, 7) is 0. The first kappa shape index (κ1) is 14.8. The Balaban J connectivity index is 0. The summed E-state index contributed by atoms with van der Waals surface area (Å²) in [7, 11) is 0. The Morgan fingerprint density at radius 3 is 1.58 bits per heavy atom. The van der Waals surface area contributed by atoms with Crippen molar-refractivity contribution >= 4 is 11.4 Å². The number of hydrogen-bond donors (Lipinski definition) is 0. The topological polar surface area (TPSA) is 49.4 Å². The van der Waals surface area contributed by atoms with Crippen molar-refractivity contribution in [1.29, 1.82) is 0 Å².